The Morgan fingerprint density at radius 2 is 1.74 bits per heavy atom. The number of aromatic nitrogens is 7. The van der Waals surface area contributed by atoms with E-state index in [9.17, 15) is 9.59 Å². The maximum atomic E-state index is 13.1. The minimum Gasteiger partial charge on any atom is -0.277 e. The van der Waals surface area contributed by atoms with E-state index in [0.29, 0.717) is 18.3 Å². The van der Waals surface area contributed by atoms with E-state index in [1.165, 1.54) is 43.0 Å². The summed E-state index contributed by atoms with van der Waals surface area (Å²) in [6.07, 6.45) is 11.7. The predicted octanol–water partition coefficient (Wildman–Crippen LogP) is 5.36. The van der Waals surface area contributed by atoms with Crippen LogP contribution in [0.5, 0.6) is 0 Å². The number of nitrogens with zero attached hydrogens (tertiary/aromatic N) is 6. The van der Waals surface area contributed by atoms with Gasteiger partial charge in [0.1, 0.15) is 6.33 Å². The summed E-state index contributed by atoms with van der Waals surface area (Å²) in [7, 11) is 0. The van der Waals surface area contributed by atoms with Gasteiger partial charge in [-0.05, 0) is 53.5 Å². The topological polar surface area (TPSA) is 111 Å². The highest BCUT2D eigenvalue weighted by Crippen LogP contribution is 2.33. The summed E-state index contributed by atoms with van der Waals surface area (Å²) in [5.41, 5.74) is 3.46. The Morgan fingerprint density at radius 1 is 0.974 bits per heavy atom. The van der Waals surface area contributed by atoms with Gasteiger partial charge < -0.3 is 0 Å². The SMILES string of the molecule is CCCCCCC1CCC(C(=O)n2ncn(Cc3ccc(-c4ccccc4-c4nn[nH]n4)cc3)c2=O)CC1. The lowest BCUT2D eigenvalue weighted by Gasteiger charge is -2.27. The van der Waals surface area contributed by atoms with Crippen molar-refractivity contribution < 1.29 is 4.79 Å². The van der Waals surface area contributed by atoms with Crippen LogP contribution in [0.25, 0.3) is 22.5 Å². The summed E-state index contributed by atoms with van der Waals surface area (Å²) < 4.78 is 2.57. The molecule has 2 heterocycles. The van der Waals surface area contributed by atoms with Gasteiger partial charge in [-0.25, -0.2) is 4.79 Å². The second kappa shape index (κ2) is 12.1. The van der Waals surface area contributed by atoms with Crippen molar-refractivity contribution in [3.63, 3.8) is 0 Å². The number of H-pyrrole nitrogens is 1. The first-order chi connectivity index (χ1) is 18.6. The summed E-state index contributed by atoms with van der Waals surface area (Å²) >= 11 is 0. The first-order valence-electron chi connectivity index (χ1n) is 13.7. The highest BCUT2D eigenvalue weighted by Gasteiger charge is 2.29. The van der Waals surface area contributed by atoms with Crippen LogP contribution in [0.3, 0.4) is 0 Å². The van der Waals surface area contributed by atoms with Gasteiger partial charge in [0.2, 0.25) is 5.82 Å². The van der Waals surface area contributed by atoms with Gasteiger partial charge in [0.25, 0.3) is 5.91 Å². The van der Waals surface area contributed by atoms with Crippen LogP contribution in [0, 0.1) is 11.8 Å². The number of benzene rings is 2. The third kappa shape index (κ3) is 5.82. The number of hydrogen-bond acceptors (Lipinski definition) is 6. The number of carbonyl (C=O) groups is 1. The number of unbranched alkanes of at least 4 members (excludes halogenated alkanes) is 3. The molecule has 198 valence electrons. The van der Waals surface area contributed by atoms with Gasteiger partial charge in [-0.1, -0.05) is 87.6 Å². The Kier molecular flexibility index (Phi) is 8.21. The van der Waals surface area contributed by atoms with E-state index in [-0.39, 0.29) is 17.5 Å². The molecule has 9 nitrogen and oxygen atoms in total. The first kappa shape index (κ1) is 25.8. The predicted molar refractivity (Wildman–Crippen MR) is 145 cm³/mol. The molecular formula is C29H35N7O2. The molecule has 4 aromatic rings. The summed E-state index contributed by atoms with van der Waals surface area (Å²) in [5.74, 6) is 0.981. The fourth-order valence-corrected chi connectivity index (χ4v) is 5.52. The van der Waals surface area contributed by atoms with Crippen molar-refractivity contribution in [1.82, 2.24) is 35.0 Å². The van der Waals surface area contributed by atoms with E-state index in [4.69, 9.17) is 0 Å². The van der Waals surface area contributed by atoms with Gasteiger partial charge in [-0.15, -0.1) is 14.9 Å². The van der Waals surface area contributed by atoms with Crippen LogP contribution >= 0.6 is 0 Å². The highest BCUT2D eigenvalue weighted by molar-refractivity contribution is 5.81. The zero-order valence-electron chi connectivity index (χ0n) is 21.9. The minimum atomic E-state index is -0.372. The maximum absolute atomic E-state index is 13.1. The fraction of sp³-hybridized carbons (Fsp3) is 0.448. The molecule has 0 saturated heterocycles. The third-order valence-electron chi connectivity index (χ3n) is 7.74. The van der Waals surface area contributed by atoms with E-state index in [2.05, 4.69) is 32.6 Å². The minimum absolute atomic E-state index is 0.110. The Balaban J connectivity index is 1.21. The molecule has 2 aromatic heterocycles. The maximum Gasteiger partial charge on any atom is 0.353 e. The van der Waals surface area contributed by atoms with E-state index in [1.807, 2.05) is 48.5 Å². The van der Waals surface area contributed by atoms with Gasteiger partial charge in [-0.2, -0.15) is 10.3 Å². The van der Waals surface area contributed by atoms with E-state index in [0.717, 1.165) is 52.6 Å². The zero-order valence-corrected chi connectivity index (χ0v) is 21.9. The number of carbonyl (C=O) groups excluding carboxylic acids is 1. The van der Waals surface area contributed by atoms with Crippen LogP contribution in [0.2, 0.25) is 0 Å². The monoisotopic (exact) mass is 513 g/mol. The molecule has 0 radical (unpaired) electrons. The lowest BCUT2D eigenvalue weighted by Crippen LogP contribution is -2.35. The number of tetrazole rings is 1. The van der Waals surface area contributed by atoms with E-state index in [1.54, 1.807) is 0 Å². The molecule has 5 rings (SSSR count). The van der Waals surface area contributed by atoms with Gasteiger partial charge in [0, 0.05) is 11.5 Å². The van der Waals surface area contributed by atoms with Crippen LogP contribution in [0.15, 0.2) is 59.7 Å². The van der Waals surface area contributed by atoms with Crippen molar-refractivity contribution in [3.8, 4) is 22.5 Å². The van der Waals surface area contributed by atoms with E-state index < -0.39 is 0 Å². The molecule has 0 atom stereocenters. The molecule has 1 saturated carbocycles. The lowest BCUT2D eigenvalue weighted by atomic mass is 9.79. The number of aromatic amines is 1. The van der Waals surface area contributed by atoms with Crippen LogP contribution < -0.4 is 5.69 Å². The molecule has 1 aliphatic carbocycles. The van der Waals surface area contributed by atoms with Crippen molar-refractivity contribution in [2.45, 2.75) is 71.3 Å². The molecular weight excluding hydrogens is 478 g/mol. The summed E-state index contributed by atoms with van der Waals surface area (Å²) in [5, 5.41) is 18.5. The molecule has 0 spiro atoms. The first-order valence-corrected chi connectivity index (χ1v) is 13.7. The van der Waals surface area contributed by atoms with Crippen LogP contribution in [-0.2, 0) is 6.54 Å². The van der Waals surface area contributed by atoms with Crippen LogP contribution in [0.4, 0.5) is 0 Å². The third-order valence-corrected chi connectivity index (χ3v) is 7.74. The van der Waals surface area contributed by atoms with Gasteiger partial charge in [0.15, 0.2) is 0 Å². The molecule has 9 heteroatoms. The van der Waals surface area contributed by atoms with Crippen molar-refractivity contribution in [2.75, 3.05) is 0 Å². The zero-order chi connectivity index (χ0) is 26.3. The Labute approximate surface area is 222 Å². The largest absolute Gasteiger partial charge is 0.353 e. The number of rotatable bonds is 10. The van der Waals surface area contributed by atoms with Gasteiger partial charge in [0.05, 0.1) is 6.54 Å². The average molecular weight is 514 g/mol. The second-order valence-electron chi connectivity index (χ2n) is 10.3. The van der Waals surface area contributed by atoms with Crippen LogP contribution in [0.1, 0.15) is 75.1 Å². The van der Waals surface area contributed by atoms with Crippen molar-refractivity contribution >= 4 is 5.91 Å². The standard InChI is InChI=1S/C29H35N7O2/c1-2-3-4-5-8-21-11-17-24(18-12-21)28(37)36-29(38)35(20-30-36)19-22-13-15-23(16-14-22)25-9-6-7-10-26(25)27-31-33-34-32-27/h6-7,9-10,13-16,20-21,24H,2-5,8,11-12,17-19H2,1H3,(H,31,32,33,34). The summed E-state index contributed by atoms with van der Waals surface area (Å²) in [6.45, 7) is 2.58. The van der Waals surface area contributed by atoms with Gasteiger partial charge in [-0.3, -0.25) is 9.36 Å². The molecule has 0 amide bonds. The highest BCUT2D eigenvalue weighted by atomic mass is 16.2. The number of nitrogens with one attached hydrogen (secondary N) is 1. The lowest BCUT2D eigenvalue weighted by molar-refractivity contribution is 0.0758. The second-order valence-corrected chi connectivity index (χ2v) is 10.3. The Bertz CT molecular complexity index is 1380. The number of hydrogen-bond donors (Lipinski definition) is 1. The normalized spacial score (nSPS) is 17.5. The van der Waals surface area contributed by atoms with Crippen molar-refractivity contribution in [1.29, 1.82) is 0 Å². The molecule has 2 aromatic carbocycles. The Morgan fingerprint density at radius 3 is 2.45 bits per heavy atom. The Hall–Kier alpha value is -3.88. The summed E-state index contributed by atoms with van der Waals surface area (Å²) in [6, 6.07) is 15.9. The average Bonchev–Trinajstić information content (AvgIpc) is 3.62. The molecule has 1 N–H and O–H groups in total. The molecule has 0 bridgehead atoms. The molecule has 1 fully saturated rings. The van der Waals surface area contributed by atoms with Gasteiger partial charge >= 0.3 is 5.69 Å². The quantitative estimate of drug-likeness (QED) is 0.286. The van der Waals surface area contributed by atoms with Crippen LogP contribution in [-0.4, -0.2) is 40.9 Å². The van der Waals surface area contributed by atoms with Crippen molar-refractivity contribution in [2.24, 2.45) is 11.8 Å². The summed E-state index contributed by atoms with van der Waals surface area (Å²) in [4.78, 5) is 26.1. The smallest absolute Gasteiger partial charge is 0.277 e. The fourth-order valence-electron chi connectivity index (χ4n) is 5.52. The molecule has 0 unspecified atom stereocenters. The molecule has 1 aliphatic rings. The van der Waals surface area contributed by atoms with Crippen molar-refractivity contribution in [3.05, 3.63) is 70.9 Å². The molecule has 0 aliphatic heterocycles. The molecule has 38 heavy (non-hydrogen) atoms. The van der Waals surface area contributed by atoms with E-state index >= 15 is 0 Å².